The molecule has 1 aliphatic carbocycles. The smallest absolute Gasteiger partial charge is 0.319 e. The van der Waals surface area contributed by atoms with Crippen molar-refractivity contribution in [2.45, 2.75) is 31.3 Å². The number of benzene rings is 1. The zero-order valence-corrected chi connectivity index (χ0v) is 12.8. The van der Waals surface area contributed by atoms with Gasteiger partial charge in [0.05, 0.1) is 5.69 Å². The molecule has 0 radical (unpaired) electrons. The lowest BCUT2D eigenvalue weighted by Crippen LogP contribution is -2.43. The van der Waals surface area contributed by atoms with Crippen molar-refractivity contribution < 1.29 is 14.0 Å². The molecule has 2 N–H and O–H groups in total. The molecule has 112 valence electrons. The van der Waals surface area contributed by atoms with Gasteiger partial charge >= 0.3 is 6.03 Å². The van der Waals surface area contributed by atoms with E-state index in [1.807, 2.05) is 4.90 Å². The molecule has 1 aromatic carbocycles. The minimum Gasteiger partial charge on any atom is -0.338 e. The predicted octanol–water partition coefficient (Wildman–Crippen LogP) is 2.47. The number of amides is 3. The van der Waals surface area contributed by atoms with Crippen molar-refractivity contribution >= 4 is 33.6 Å². The van der Waals surface area contributed by atoms with Crippen molar-refractivity contribution in [3.8, 4) is 0 Å². The Balaban J connectivity index is 1.58. The van der Waals surface area contributed by atoms with Gasteiger partial charge in [0.25, 0.3) is 0 Å². The summed E-state index contributed by atoms with van der Waals surface area (Å²) in [6.45, 7) is 0.703. The highest BCUT2D eigenvalue weighted by Crippen LogP contribution is 2.30. The first-order valence-corrected chi connectivity index (χ1v) is 7.67. The number of nitrogens with one attached hydrogen (secondary N) is 2. The summed E-state index contributed by atoms with van der Waals surface area (Å²) in [5.74, 6) is -0.398. The van der Waals surface area contributed by atoms with E-state index in [1.165, 1.54) is 18.2 Å². The Morgan fingerprint density at radius 1 is 1.33 bits per heavy atom. The number of hydrogen-bond donors (Lipinski definition) is 2. The molecule has 1 aromatic rings. The zero-order valence-electron chi connectivity index (χ0n) is 11.2. The van der Waals surface area contributed by atoms with Crippen LogP contribution in [-0.4, -0.2) is 35.5 Å². The van der Waals surface area contributed by atoms with Crippen LogP contribution in [0.25, 0.3) is 0 Å². The van der Waals surface area contributed by atoms with Crippen molar-refractivity contribution in [1.82, 2.24) is 10.2 Å². The first-order chi connectivity index (χ1) is 10.0. The third kappa shape index (κ3) is 3.18. The Bertz CT molecular complexity index is 592. The molecule has 0 unspecified atom stereocenters. The SMILES string of the molecule is O=C(Nc1ccc(F)cc1Br)N[C@@H]1CCN(C2CC2)C1=O. The molecule has 1 saturated heterocycles. The summed E-state index contributed by atoms with van der Waals surface area (Å²) in [5.41, 5.74) is 0.457. The second-order valence-corrected chi connectivity index (χ2v) is 6.18. The van der Waals surface area contributed by atoms with Crippen LogP contribution in [0.5, 0.6) is 0 Å². The van der Waals surface area contributed by atoms with Crippen LogP contribution >= 0.6 is 15.9 Å². The van der Waals surface area contributed by atoms with Gasteiger partial charge in [0, 0.05) is 17.1 Å². The van der Waals surface area contributed by atoms with Crippen LogP contribution in [0.1, 0.15) is 19.3 Å². The number of carbonyl (C=O) groups excluding carboxylic acids is 2. The maximum Gasteiger partial charge on any atom is 0.319 e. The standard InChI is InChI=1S/C14H15BrFN3O2/c15-10-7-8(16)1-4-11(10)17-14(21)18-12-5-6-19(13(12)20)9-2-3-9/h1,4,7,9,12H,2-3,5-6H2,(H2,17,18,21)/t12-/m1/s1. The van der Waals surface area contributed by atoms with Crippen molar-refractivity contribution in [1.29, 1.82) is 0 Å². The van der Waals surface area contributed by atoms with Gasteiger partial charge in [-0.15, -0.1) is 0 Å². The summed E-state index contributed by atoms with van der Waals surface area (Å²) in [6.07, 6.45) is 2.76. The average molecular weight is 356 g/mol. The van der Waals surface area contributed by atoms with E-state index >= 15 is 0 Å². The molecule has 21 heavy (non-hydrogen) atoms. The highest BCUT2D eigenvalue weighted by molar-refractivity contribution is 9.10. The minimum absolute atomic E-state index is 0.00850. The molecule has 1 atom stereocenters. The van der Waals surface area contributed by atoms with Crippen LogP contribution < -0.4 is 10.6 Å². The van der Waals surface area contributed by atoms with Crippen LogP contribution in [-0.2, 0) is 4.79 Å². The molecule has 1 saturated carbocycles. The summed E-state index contributed by atoms with van der Waals surface area (Å²) in [6, 6.07) is 3.44. The van der Waals surface area contributed by atoms with Gasteiger partial charge in [-0.05, 0) is 53.4 Å². The third-order valence-corrected chi connectivity index (χ3v) is 4.37. The normalized spacial score (nSPS) is 21.5. The van der Waals surface area contributed by atoms with Crippen molar-refractivity contribution in [3.63, 3.8) is 0 Å². The Kier molecular flexibility index (Phi) is 3.84. The Morgan fingerprint density at radius 2 is 2.10 bits per heavy atom. The molecule has 2 fully saturated rings. The average Bonchev–Trinajstić information content (AvgIpc) is 3.20. The Morgan fingerprint density at radius 3 is 2.76 bits per heavy atom. The molecule has 1 aliphatic heterocycles. The van der Waals surface area contributed by atoms with Gasteiger partial charge < -0.3 is 15.5 Å². The lowest BCUT2D eigenvalue weighted by molar-refractivity contribution is -0.129. The number of anilines is 1. The molecular weight excluding hydrogens is 341 g/mol. The third-order valence-electron chi connectivity index (χ3n) is 3.71. The maximum absolute atomic E-state index is 13.0. The molecule has 2 aliphatic rings. The van der Waals surface area contributed by atoms with Crippen molar-refractivity contribution in [3.05, 3.63) is 28.5 Å². The second-order valence-electron chi connectivity index (χ2n) is 5.33. The van der Waals surface area contributed by atoms with Crippen molar-refractivity contribution in [2.24, 2.45) is 0 Å². The van der Waals surface area contributed by atoms with Crippen LogP contribution in [0.3, 0.4) is 0 Å². The summed E-state index contributed by atoms with van der Waals surface area (Å²) < 4.78 is 13.4. The summed E-state index contributed by atoms with van der Waals surface area (Å²) in [5, 5.41) is 5.29. The van der Waals surface area contributed by atoms with Gasteiger partial charge in [-0.3, -0.25) is 4.79 Å². The van der Waals surface area contributed by atoms with Gasteiger partial charge in [-0.2, -0.15) is 0 Å². The lowest BCUT2D eigenvalue weighted by Gasteiger charge is -2.16. The number of likely N-dealkylation sites (tertiary alicyclic amines) is 1. The summed E-state index contributed by atoms with van der Waals surface area (Å²) in [4.78, 5) is 25.9. The van der Waals surface area contributed by atoms with Gasteiger partial charge in [0.2, 0.25) is 5.91 Å². The van der Waals surface area contributed by atoms with Gasteiger partial charge in [-0.25, -0.2) is 9.18 Å². The number of rotatable bonds is 3. The number of nitrogens with zero attached hydrogens (tertiary/aromatic N) is 1. The highest BCUT2D eigenvalue weighted by Gasteiger charge is 2.40. The van der Waals surface area contributed by atoms with Gasteiger partial charge in [0.15, 0.2) is 0 Å². The Hall–Kier alpha value is -1.63. The fourth-order valence-electron chi connectivity index (χ4n) is 2.49. The predicted molar refractivity (Wildman–Crippen MR) is 79.4 cm³/mol. The first-order valence-electron chi connectivity index (χ1n) is 6.87. The largest absolute Gasteiger partial charge is 0.338 e. The van der Waals surface area contributed by atoms with E-state index < -0.39 is 12.1 Å². The molecule has 1 heterocycles. The number of hydrogen-bond acceptors (Lipinski definition) is 2. The fourth-order valence-corrected chi connectivity index (χ4v) is 2.94. The number of halogens is 2. The zero-order chi connectivity index (χ0) is 15.0. The number of urea groups is 1. The quantitative estimate of drug-likeness (QED) is 0.874. The van der Waals surface area contributed by atoms with E-state index in [1.54, 1.807) is 0 Å². The first kappa shape index (κ1) is 14.3. The molecule has 3 rings (SSSR count). The molecular formula is C14H15BrFN3O2. The molecule has 0 spiro atoms. The van der Waals surface area contributed by atoms with Gasteiger partial charge in [-0.1, -0.05) is 0 Å². The van der Waals surface area contributed by atoms with E-state index in [2.05, 4.69) is 26.6 Å². The monoisotopic (exact) mass is 355 g/mol. The fraction of sp³-hybridized carbons (Fsp3) is 0.429. The number of carbonyl (C=O) groups is 2. The maximum atomic E-state index is 13.0. The molecule has 3 amide bonds. The lowest BCUT2D eigenvalue weighted by atomic mass is 10.2. The Labute approximate surface area is 130 Å². The van der Waals surface area contributed by atoms with E-state index in [9.17, 15) is 14.0 Å². The molecule has 0 bridgehead atoms. The van der Waals surface area contributed by atoms with Crippen molar-refractivity contribution in [2.75, 3.05) is 11.9 Å². The topological polar surface area (TPSA) is 61.4 Å². The second kappa shape index (κ2) is 5.63. The highest BCUT2D eigenvalue weighted by atomic mass is 79.9. The molecule has 7 heteroatoms. The summed E-state index contributed by atoms with van der Waals surface area (Å²) in [7, 11) is 0. The molecule has 5 nitrogen and oxygen atoms in total. The van der Waals surface area contributed by atoms with Crippen LogP contribution in [0.4, 0.5) is 14.9 Å². The van der Waals surface area contributed by atoms with E-state index in [4.69, 9.17) is 0 Å². The van der Waals surface area contributed by atoms with E-state index in [-0.39, 0.29) is 11.7 Å². The summed E-state index contributed by atoms with van der Waals surface area (Å²) >= 11 is 3.18. The van der Waals surface area contributed by atoms with E-state index in [0.717, 1.165) is 12.8 Å². The van der Waals surface area contributed by atoms with Crippen LogP contribution in [0.2, 0.25) is 0 Å². The van der Waals surface area contributed by atoms with Crippen LogP contribution in [0.15, 0.2) is 22.7 Å². The van der Waals surface area contributed by atoms with Gasteiger partial charge in [0.1, 0.15) is 11.9 Å². The minimum atomic E-state index is -0.468. The van der Waals surface area contributed by atoms with Crippen LogP contribution in [0, 0.1) is 5.82 Å². The van der Waals surface area contributed by atoms with E-state index in [0.29, 0.717) is 29.2 Å². The molecule has 0 aromatic heterocycles.